The monoisotopic (exact) mass is 252 g/mol. The number of likely N-dealkylation sites (N-methyl/N-ethyl adjacent to an activating group) is 1. The van der Waals surface area contributed by atoms with Gasteiger partial charge in [-0.1, -0.05) is 6.92 Å². The van der Waals surface area contributed by atoms with Crippen LogP contribution in [0.3, 0.4) is 0 Å². The molecule has 2 rings (SSSR count). The zero-order chi connectivity index (χ0) is 13.1. The Morgan fingerprint density at radius 2 is 2.39 bits per heavy atom. The zero-order valence-electron chi connectivity index (χ0n) is 10.8. The summed E-state index contributed by atoms with van der Waals surface area (Å²) in [5, 5.41) is 16.7. The minimum atomic E-state index is -0.752. The number of carboxylic acids is 1. The van der Waals surface area contributed by atoms with Gasteiger partial charge in [-0.15, -0.1) is 0 Å². The van der Waals surface area contributed by atoms with Crippen molar-refractivity contribution in [2.45, 2.75) is 31.8 Å². The van der Waals surface area contributed by atoms with Crippen LogP contribution in [0.25, 0.3) is 0 Å². The van der Waals surface area contributed by atoms with Gasteiger partial charge >= 0.3 is 5.97 Å². The highest BCUT2D eigenvalue weighted by molar-refractivity contribution is 5.79. The third-order valence-electron chi connectivity index (χ3n) is 3.41. The first-order valence-electron chi connectivity index (χ1n) is 6.34. The quantitative estimate of drug-likeness (QED) is 0.796. The van der Waals surface area contributed by atoms with Gasteiger partial charge in [0.2, 0.25) is 0 Å². The Bertz CT molecular complexity index is 418. The molecule has 1 aliphatic heterocycles. The molecule has 2 N–H and O–H groups in total. The first-order chi connectivity index (χ1) is 8.63. The fourth-order valence-corrected chi connectivity index (χ4v) is 2.57. The van der Waals surface area contributed by atoms with Crippen LogP contribution in [0.15, 0.2) is 12.4 Å². The SMILES string of the molecule is CCNC[C@H]1CC[C@H](C(=O)O)N1c1cnn(C)c1. The van der Waals surface area contributed by atoms with Crippen molar-refractivity contribution in [3.05, 3.63) is 12.4 Å². The van der Waals surface area contributed by atoms with Gasteiger partial charge in [0.05, 0.1) is 11.9 Å². The zero-order valence-corrected chi connectivity index (χ0v) is 10.8. The summed E-state index contributed by atoms with van der Waals surface area (Å²) in [7, 11) is 1.84. The van der Waals surface area contributed by atoms with Gasteiger partial charge < -0.3 is 15.3 Å². The van der Waals surface area contributed by atoms with E-state index in [4.69, 9.17) is 0 Å². The number of aromatic nitrogens is 2. The standard InChI is InChI=1S/C12H20N4O2/c1-3-13-6-9-4-5-11(12(17)18)16(9)10-7-14-15(2)8-10/h7-9,11,13H,3-6H2,1-2H3,(H,17,18)/t9-,11-/m1/s1. The number of aliphatic carboxylic acids is 1. The summed E-state index contributed by atoms with van der Waals surface area (Å²) in [6, 6.07) is -0.201. The summed E-state index contributed by atoms with van der Waals surface area (Å²) in [4.78, 5) is 13.3. The molecule has 1 aromatic heterocycles. The number of hydrogen-bond acceptors (Lipinski definition) is 4. The minimum absolute atomic E-state index is 0.232. The highest BCUT2D eigenvalue weighted by Gasteiger charge is 2.38. The van der Waals surface area contributed by atoms with E-state index in [0.29, 0.717) is 6.42 Å². The fourth-order valence-electron chi connectivity index (χ4n) is 2.57. The van der Waals surface area contributed by atoms with E-state index in [1.165, 1.54) is 0 Å². The topological polar surface area (TPSA) is 70.4 Å². The van der Waals surface area contributed by atoms with Crippen LogP contribution < -0.4 is 10.2 Å². The number of nitrogens with zero attached hydrogens (tertiary/aromatic N) is 3. The minimum Gasteiger partial charge on any atom is -0.480 e. The molecule has 0 bridgehead atoms. The lowest BCUT2D eigenvalue weighted by Crippen LogP contribution is -2.45. The van der Waals surface area contributed by atoms with E-state index < -0.39 is 12.0 Å². The second-order valence-electron chi connectivity index (χ2n) is 4.67. The number of aryl methyl sites for hydroxylation is 1. The molecule has 0 aliphatic carbocycles. The summed E-state index contributed by atoms with van der Waals surface area (Å²) < 4.78 is 1.71. The number of carboxylic acid groups (broad SMARTS) is 1. The molecule has 0 saturated carbocycles. The lowest BCUT2D eigenvalue weighted by Gasteiger charge is -2.29. The number of anilines is 1. The molecule has 6 heteroatoms. The van der Waals surface area contributed by atoms with E-state index in [2.05, 4.69) is 17.3 Å². The van der Waals surface area contributed by atoms with E-state index in [-0.39, 0.29) is 6.04 Å². The summed E-state index contributed by atoms with van der Waals surface area (Å²) in [6.07, 6.45) is 5.21. The van der Waals surface area contributed by atoms with Crippen LogP contribution in [0, 0.1) is 0 Å². The summed E-state index contributed by atoms with van der Waals surface area (Å²) in [5.74, 6) is -0.752. The van der Waals surface area contributed by atoms with Gasteiger partial charge in [-0.2, -0.15) is 5.10 Å². The Hall–Kier alpha value is -1.56. The molecule has 1 fully saturated rings. The average molecular weight is 252 g/mol. The fraction of sp³-hybridized carbons (Fsp3) is 0.667. The molecule has 0 aromatic carbocycles. The predicted octanol–water partition coefficient (Wildman–Crippen LogP) is 0.452. The normalized spacial score (nSPS) is 23.6. The molecule has 100 valence electrons. The molecule has 6 nitrogen and oxygen atoms in total. The second-order valence-corrected chi connectivity index (χ2v) is 4.67. The van der Waals surface area contributed by atoms with Crippen LogP contribution >= 0.6 is 0 Å². The Kier molecular flexibility index (Phi) is 3.86. The maximum atomic E-state index is 11.3. The van der Waals surface area contributed by atoms with Crippen molar-refractivity contribution in [1.29, 1.82) is 0 Å². The first kappa shape index (κ1) is 12.9. The summed E-state index contributed by atoms with van der Waals surface area (Å²) in [6.45, 7) is 3.77. The molecule has 2 atom stereocenters. The third kappa shape index (κ3) is 2.48. The molecule has 18 heavy (non-hydrogen) atoms. The lowest BCUT2D eigenvalue weighted by atomic mass is 10.2. The predicted molar refractivity (Wildman–Crippen MR) is 68.7 cm³/mol. The van der Waals surface area contributed by atoms with Gasteiger partial charge in [0.15, 0.2) is 0 Å². The van der Waals surface area contributed by atoms with Gasteiger partial charge in [0.1, 0.15) is 6.04 Å². The Morgan fingerprint density at radius 1 is 1.61 bits per heavy atom. The largest absolute Gasteiger partial charge is 0.480 e. The van der Waals surface area contributed by atoms with Crippen molar-refractivity contribution in [3.8, 4) is 0 Å². The summed E-state index contributed by atoms with van der Waals surface area (Å²) in [5.41, 5.74) is 0.894. The first-order valence-corrected chi connectivity index (χ1v) is 6.34. The maximum absolute atomic E-state index is 11.3. The third-order valence-corrected chi connectivity index (χ3v) is 3.41. The van der Waals surface area contributed by atoms with Gasteiger partial charge in [-0.05, 0) is 19.4 Å². The highest BCUT2D eigenvalue weighted by Crippen LogP contribution is 2.30. The van der Waals surface area contributed by atoms with Crippen molar-refractivity contribution >= 4 is 11.7 Å². The average Bonchev–Trinajstić information content (AvgIpc) is 2.91. The van der Waals surface area contributed by atoms with E-state index in [1.54, 1.807) is 10.9 Å². The molecule has 1 aliphatic rings. The van der Waals surface area contributed by atoms with Crippen molar-refractivity contribution in [2.24, 2.45) is 7.05 Å². The smallest absolute Gasteiger partial charge is 0.326 e. The van der Waals surface area contributed by atoms with E-state index in [0.717, 1.165) is 25.2 Å². The molecular formula is C12H20N4O2. The molecule has 0 radical (unpaired) electrons. The van der Waals surface area contributed by atoms with Crippen molar-refractivity contribution < 1.29 is 9.90 Å². The molecule has 1 saturated heterocycles. The highest BCUT2D eigenvalue weighted by atomic mass is 16.4. The van der Waals surface area contributed by atoms with E-state index >= 15 is 0 Å². The molecule has 1 aromatic rings. The second kappa shape index (κ2) is 5.39. The van der Waals surface area contributed by atoms with Crippen molar-refractivity contribution in [2.75, 3.05) is 18.0 Å². The van der Waals surface area contributed by atoms with Crippen LogP contribution in [0.1, 0.15) is 19.8 Å². The number of rotatable bonds is 5. The Balaban J connectivity index is 2.19. The van der Waals surface area contributed by atoms with Crippen LogP contribution in [0.4, 0.5) is 5.69 Å². The number of hydrogen-bond donors (Lipinski definition) is 2. The van der Waals surface area contributed by atoms with Gasteiger partial charge in [-0.25, -0.2) is 4.79 Å². The maximum Gasteiger partial charge on any atom is 0.326 e. The van der Waals surface area contributed by atoms with Gasteiger partial charge in [0, 0.05) is 25.8 Å². The van der Waals surface area contributed by atoms with E-state index in [9.17, 15) is 9.90 Å². The van der Waals surface area contributed by atoms with Gasteiger partial charge in [-0.3, -0.25) is 4.68 Å². The molecule has 2 heterocycles. The summed E-state index contributed by atoms with van der Waals surface area (Å²) >= 11 is 0. The van der Waals surface area contributed by atoms with Crippen LogP contribution in [-0.2, 0) is 11.8 Å². The van der Waals surface area contributed by atoms with Gasteiger partial charge in [0.25, 0.3) is 0 Å². The van der Waals surface area contributed by atoms with Crippen LogP contribution in [0.2, 0.25) is 0 Å². The molecule has 0 spiro atoms. The van der Waals surface area contributed by atoms with Crippen LogP contribution in [-0.4, -0.2) is 46.0 Å². The van der Waals surface area contributed by atoms with Crippen molar-refractivity contribution in [1.82, 2.24) is 15.1 Å². The van der Waals surface area contributed by atoms with Crippen molar-refractivity contribution in [3.63, 3.8) is 0 Å². The Labute approximate surface area is 107 Å². The number of carbonyl (C=O) groups is 1. The molecule has 0 unspecified atom stereocenters. The van der Waals surface area contributed by atoms with E-state index in [1.807, 2.05) is 18.1 Å². The molecule has 0 amide bonds. The molecular weight excluding hydrogens is 232 g/mol. The number of nitrogens with one attached hydrogen (secondary N) is 1. The lowest BCUT2D eigenvalue weighted by molar-refractivity contribution is -0.138. The van der Waals surface area contributed by atoms with Crippen LogP contribution in [0.5, 0.6) is 0 Å². The Morgan fingerprint density at radius 3 is 2.94 bits per heavy atom.